The van der Waals surface area contributed by atoms with E-state index in [-0.39, 0.29) is 5.41 Å². The smallest absolute Gasteiger partial charge is 0.119 e. The van der Waals surface area contributed by atoms with Gasteiger partial charge < -0.3 is 5.11 Å². The summed E-state index contributed by atoms with van der Waals surface area (Å²) in [5, 5.41) is 10.1. The van der Waals surface area contributed by atoms with Crippen molar-refractivity contribution in [2.75, 3.05) is 0 Å². The maximum Gasteiger partial charge on any atom is 0.119 e. The minimum atomic E-state index is -0.00000520. The molecular weight excluding hydrogens is 196 g/mol. The highest BCUT2D eigenvalue weighted by atomic mass is 16.3. The van der Waals surface area contributed by atoms with Crippen LogP contribution < -0.4 is 0 Å². The SMILES string of the molecule is CCc1cc(O)c(C(C)(C)C)cc1C(C)C. The van der Waals surface area contributed by atoms with Gasteiger partial charge in [0.05, 0.1) is 0 Å². The van der Waals surface area contributed by atoms with Gasteiger partial charge in [0, 0.05) is 0 Å². The van der Waals surface area contributed by atoms with Gasteiger partial charge >= 0.3 is 0 Å². The summed E-state index contributed by atoms with van der Waals surface area (Å²) in [4.78, 5) is 0. The molecule has 0 unspecified atom stereocenters. The molecule has 1 heteroatoms. The summed E-state index contributed by atoms with van der Waals surface area (Å²) < 4.78 is 0. The summed E-state index contributed by atoms with van der Waals surface area (Å²) in [6.07, 6.45) is 0.978. The molecule has 0 fully saturated rings. The summed E-state index contributed by atoms with van der Waals surface area (Å²) >= 11 is 0. The zero-order chi connectivity index (χ0) is 12.5. The van der Waals surface area contributed by atoms with Crippen LogP contribution in [-0.2, 0) is 11.8 Å². The minimum absolute atomic E-state index is 0.00000520. The molecule has 1 rings (SSSR count). The number of benzene rings is 1. The molecular formula is C15H24O. The Kier molecular flexibility index (Phi) is 3.67. The number of phenols is 1. The third-order valence-electron chi connectivity index (χ3n) is 3.07. The van der Waals surface area contributed by atoms with Crippen molar-refractivity contribution in [1.82, 2.24) is 0 Å². The Bertz CT molecular complexity index is 370. The molecule has 0 spiro atoms. The monoisotopic (exact) mass is 220 g/mol. The number of aromatic hydroxyl groups is 1. The maximum absolute atomic E-state index is 10.1. The lowest BCUT2D eigenvalue weighted by Gasteiger charge is -2.24. The first-order chi connectivity index (χ1) is 7.27. The average molecular weight is 220 g/mol. The summed E-state index contributed by atoms with van der Waals surface area (Å²) in [5.41, 5.74) is 3.68. The standard InChI is InChI=1S/C15H24O/c1-7-11-8-14(16)13(15(4,5)6)9-12(11)10(2)3/h8-10,16H,7H2,1-6H3. The van der Waals surface area contributed by atoms with E-state index in [1.54, 1.807) is 0 Å². The first kappa shape index (κ1) is 13.1. The van der Waals surface area contributed by atoms with Crippen LogP contribution in [-0.4, -0.2) is 5.11 Å². The van der Waals surface area contributed by atoms with E-state index in [1.165, 1.54) is 11.1 Å². The largest absolute Gasteiger partial charge is 0.508 e. The first-order valence-electron chi connectivity index (χ1n) is 6.13. The maximum atomic E-state index is 10.1. The Morgan fingerprint density at radius 1 is 1.19 bits per heavy atom. The van der Waals surface area contributed by atoms with Crippen LogP contribution in [0, 0.1) is 0 Å². The predicted molar refractivity (Wildman–Crippen MR) is 70.3 cm³/mol. The van der Waals surface area contributed by atoms with E-state index in [1.807, 2.05) is 6.07 Å². The molecule has 16 heavy (non-hydrogen) atoms. The van der Waals surface area contributed by atoms with Crippen molar-refractivity contribution in [2.24, 2.45) is 0 Å². The van der Waals surface area contributed by atoms with Crippen LogP contribution in [0.25, 0.3) is 0 Å². The molecule has 0 aliphatic heterocycles. The van der Waals surface area contributed by atoms with E-state index in [4.69, 9.17) is 0 Å². The third-order valence-corrected chi connectivity index (χ3v) is 3.07. The van der Waals surface area contributed by atoms with Crippen molar-refractivity contribution in [3.63, 3.8) is 0 Å². The molecule has 0 atom stereocenters. The van der Waals surface area contributed by atoms with E-state index in [2.05, 4.69) is 47.6 Å². The Hall–Kier alpha value is -0.980. The van der Waals surface area contributed by atoms with Crippen LogP contribution in [0.2, 0.25) is 0 Å². The topological polar surface area (TPSA) is 20.2 Å². The van der Waals surface area contributed by atoms with E-state index in [0.29, 0.717) is 11.7 Å². The van der Waals surface area contributed by atoms with Crippen LogP contribution >= 0.6 is 0 Å². The predicted octanol–water partition coefficient (Wildman–Crippen LogP) is 4.38. The third kappa shape index (κ3) is 2.58. The van der Waals surface area contributed by atoms with Gasteiger partial charge in [0.2, 0.25) is 0 Å². The van der Waals surface area contributed by atoms with Crippen LogP contribution in [0.1, 0.15) is 64.2 Å². The highest BCUT2D eigenvalue weighted by Crippen LogP contribution is 2.35. The van der Waals surface area contributed by atoms with Crippen molar-refractivity contribution in [1.29, 1.82) is 0 Å². The summed E-state index contributed by atoms with van der Waals surface area (Å²) in [7, 11) is 0. The molecule has 0 heterocycles. The molecule has 0 bridgehead atoms. The van der Waals surface area contributed by atoms with Crippen LogP contribution in [0.4, 0.5) is 0 Å². The van der Waals surface area contributed by atoms with E-state index in [0.717, 1.165) is 12.0 Å². The highest BCUT2D eigenvalue weighted by Gasteiger charge is 2.20. The molecule has 0 aliphatic rings. The van der Waals surface area contributed by atoms with Crippen LogP contribution in [0.5, 0.6) is 5.75 Å². The van der Waals surface area contributed by atoms with Gasteiger partial charge in [-0.15, -0.1) is 0 Å². The van der Waals surface area contributed by atoms with Crippen molar-refractivity contribution < 1.29 is 5.11 Å². The second-order valence-electron chi connectivity index (χ2n) is 5.83. The van der Waals surface area contributed by atoms with Gasteiger partial charge in [-0.1, -0.05) is 47.6 Å². The van der Waals surface area contributed by atoms with E-state index >= 15 is 0 Å². The van der Waals surface area contributed by atoms with Crippen molar-refractivity contribution in [2.45, 2.75) is 59.3 Å². The molecule has 0 aliphatic carbocycles. The van der Waals surface area contributed by atoms with Gasteiger partial charge in [0.15, 0.2) is 0 Å². The van der Waals surface area contributed by atoms with Gasteiger partial charge in [0.25, 0.3) is 0 Å². The second kappa shape index (κ2) is 4.48. The van der Waals surface area contributed by atoms with Gasteiger partial charge in [0.1, 0.15) is 5.75 Å². The van der Waals surface area contributed by atoms with Gasteiger partial charge in [-0.2, -0.15) is 0 Å². The van der Waals surface area contributed by atoms with Crippen molar-refractivity contribution >= 4 is 0 Å². The van der Waals surface area contributed by atoms with Gasteiger partial charge in [-0.3, -0.25) is 0 Å². The fourth-order valence-electron chi connectivity index (χ4n) is 2.09. The lowest BCUT2D eigenvalue weighted by atomic mass is 9.82. The molecule has 0 aromatic heterocycles. The quantitative estimate of drug-likeness (QED) is 0.784. The Labute approximate surface area is 99.5 Å². The van der Waals surface area contributed by atoms with Gasteiger partial charge in [-0.25, -0.2) is 0 Å². The molecule has 1 aromatic carbocycles. The molecule has 0 saturated heterocycles. The normalized spacial score (nSPS) is 12.2. The lowest BCUT2D eigenvalue weighted by molar-refractivity contribution is 0.445. The Morgan fingerprint density at radius 3 is 2.12 bits per heavy atom. The molecule has 1 nitrogen and oxygen atoms in total. The van der Waals surface area contributed by atoms with E-state index in [9.17, 15) is 5.11 Å². The number of phenolic OH excluding ortho intramolecular Hbond substituents is 1. The Morgan fingerprint density at radius 2 is 1.75 bits per heavy atom. The lowest BCUT2D eigenvalue weighted by Crippen LogP contribution is -2.13. The van der Waals surface area contributed by atoms with Crippen LogP contribution in [0.15, 0.2) is 12.1 Å². The number of rotatable bonds is 2. The second-order valence-corrected chi connectivity index (χ2v) is 5.83. The van der Waals surface area contributed by atoms with E-state index < -0.39 is 0 Å². The zero-order valence-corrected chi connectivity index (χ0v) is 11.4. The summed E-state index contributed by atoms with van der Waals surface area (Å²) in [6, 6.07) is 4.12. The van der Waals surface area contributed by atoms with Crippen molar-refractivity contribution in [3.05, 3.63) is 28.8 Å². The number of hydrogen-bond donors (Lipinski definition) is 1. The Balaban J connectivity index is 3.39. The minimum Gasteiger partial charge on any atom is -0.508 e. The molecule has 0 saturated carbocycles. The molecule has 0 radical (unpaired) electrons. The average Bonchev–Trinajstić information content (AvgIpc) is 2.14. The molecule has 1 N–H and O–H groups in total. The molecule has 1 aromatic rings. The fraction of sp³-hybridized carbons (Fsp3) is 0.600. The fourth-order valence-corrected chi connectivity index (χ4v) is 2.09. The molecule has 90 valence electrons. The van der Waals surface area contributed by atoms with Crippen molar-refractivity contribution in [3.8, 4) is 5.75 Å². The number of aryl methyl sites for hydroxylation is 1. The zero-order valence-electron chi connectivity index (χ0n) is 11.4. The summed E-state index contributed by atoms with van der Waals surface area (Å²) in [6.45, 7) is 13.0. The van der Waals surface area contributed by atoms with Crippen LogP contribution in [0.3, 0.4) is 0 Å². The summed E-state index contributed by atoms with van der Waals surface area (Å²) in [5.74, 6) is 0.949. The molecule has 0 amide bonds. The van der Waals surface area contributed by atoms with Gasteiger partial charge in [-0.05, 0) is 40.5 Å². The first-order valence-corrected chi connectivity index (χ1v) is 6.13. The highest BCUT2D eigenvalue weighted by molar-refractivity contribution is 5.46. The number of hydrogen-bond acceptors (Lipinski definition) is 1.